The predicted molar refractivity (Wildman–Crippen MR) is 70.6 cm³/mol. The highest BCUT2D eigenvalue weighted by molar-refractivity contribution is 7.89. The summed E-state index contributed by atoms with van der Waals surface area (Å²) in [4.78, 5) is 0.206. The molecule has 0 saturated carbocycles. The van der Waals surface area contributed by atoms with Gasteiger partial charge < -0.3 is 10.2 Å². The molecule has 2 N–H and O–H groups in total. The second-order valence-corrected chi connectivity index (χ2v) is 6.81. The predicted octanol–water partition coefficient (Wildman–Crippen LogP) is 1.71. The first-order valence-electron chi connectivity index (χ1n) is 5.99. The molecule has 0 amide bonds. The van der Waals surface area contributed by atoms with Crippen LogP contribution in [0.1, 0.15) is 32.3 Å². The normalized spacial score (nSPS) is 14.4. The van der Waals surface area contributed by atoms with Crippen molar-refractivity contribution in [2.75, 3.05) is 7.05 Å². The number of aryl methyl sites for hydroxylation is 1. The summed E-state index contributed by atoms with van der Waals surface area (Å²) >= 11 is 0. The van der Waals surface area contributed by atoms with Crippen molar-refractivity contribution < 1.29 is 12.8 Å². The lowest BCUT2D eigenvalue weighted by molar-refractivity contribution is 0.315. The first-order valence-corrected chi connectivity index (χ1v) is 7.43. The lowest BCUT2D eigenvalue weighted by atomic mass is 10.1. The average Bonchev–Trinajstić information content (AvgIpc) is 2.69. The highest BCUT2D eigenvalue weighted by Crippen LogP contribution is 2.25. The summed E-state index contributed by atoms with van der Waals surface area (Å²) in [7, 11) is -1.93. The summed E-state index contributed by atoms with van der Waals surface area (Å²) in [6.07, 6.45) is 0. The number of hydrogen-bond donors (Lipinski definition) is 1. The first-order chi connectivity index (χ1) is 8.21. The van der Waals surface area contributed by atoms with Crippen molar-refractivity contribution in [2.24, 2.45) is 11.7 Å². The van der Waals surface area contributed by atoms with Gasteiger partial charge in [0, 0.05) is 19.2 Å². The van der Waals surface area contributed by atoms with Gasteiger partial charge in [0.05, 0.1) is 6.54 Å². The van der Waals surface area contributed by atoms with Gasteiger partial charge in [-0.1, -0.05) is 13.8 Å². The van der Waals surface area contributed by atoms with Gasteiger partial charge in [0.2, 0.25) is 10.0 Å². The lowest BCUT2D eigenvalue weighted by Gasteiger charge is -2.26. The molecule has 0 bridgehead atoms. The zero-order valence-electron chi connectivity index (χ0n) is 11.6. The largest absolute Gasteiger partial charge is 0.464 e. The van der Waals surface area contributed by atoms with Gasteiger partial charge in [0.25, 0.3) is 0 Å². The maximum atomic E-state index is 12.5. The molecule has 104 valence electrons. The van der Waals surface area contributed by atoms with Gasteiger partial charge in [0.15, 0.2) is 0 Å². The molecule has 0 fully saturated rings. The summed E-state index contributed by atoms with van der Waals surface area (Å²) < 4.78 is 31.6. The summed E-state index contributed by atoms with van der Waals surface area (Å²) in [6, 6.07) is 1.43. The fourth-order valence-electron chi connectivity index (χ4n) is 1.67. The molecule has 18 heavy (non-hydrogen) atoms. The van der Waals surface area contributed by atoms with Gasteiger partial charge in [-0.25, -0.2) is 8.42 Å². The van der Waals surface area contributed by atoms with Gasteiger partial charge in [-0.2, -0.15) is 4.31 Å². The molecule has 0 aliphatic heterocycles. The van der Waals surface area contributed by atoms with Crippen LogP contribution in [0.15, 0.2) is 15.4 Å². The fourth-order valence-corrected chi connectivity index (χ4v) is 3.35. The maximum Gasteiger partial charge on any atom is 0.246 e. The lowest BCUT2D eigenvalue weighted by Crippen LogP contribution is -2.38. The molecule has 0 radical (unpaired) electrons. The Morgan fingerprint density at radius 1 is 1.39 bits per heavy atom. The molecule has 1 unspecified atom stereocenters. The molecule has 0 aliphatic carbocycles. The van der Waals surface area contributed by atoms with Crippen LogP contribution in [-0.4, -0.2) is 25.8 Å². The molecule has 1 rings (SSSR count). The van der Waals surface area contributed by atoms with Crippen molar-refractivity contribution in [1.82, 2.24) is 4.31 Å². The van der Waals surface area contributed by atoms with Crippen LogP contribution in [0, 0.1) is 12.8 Å². The monoisotopic (exact) mass is 274 g/mol. The van der Waals surface area contributed by atoms with E-state index in [1.807, 2.05) is 20.8 Å². The van der Waals surface area contributed by atoms with Crippen molar-refractivity contribution >= 4 is 10.0 Å². The number of hydrogen-bond acceptors (Lipinski definition) is 4. The van der Waals surface area contributed by atoms with Crippen LogP contribution in [0.5, 0.6) is 0 Å². The summed E-state index contributed by atoms with van der Waals surface area (Å²) in [5, 5.41) is 0. The highest BCUT2D eigenvalue weighted by atomic mass is 32.2. The Balaban J connectivity index is 3.17. The molecule has 0 aliphatic rings. The molecule has 0 saturated heterocycles. The van der Waals surface area contributed by atoms with Crippen LogP contribution in [0.25, 0.3) is 0 Å². The van der Waals surface area contributed by atoms with E-state index in [1.54, 1.807) is 14.0 Å². The Morgan fingerprint density at radius 3 is 2.33 bits per heavy atom. The minimum atomic E-state index is -3.52. The molecule has 0 spiro atoms. The molecule has 1 heterocycles. The topological polar surface area (TPSA) is 76.5 Å². The Kier molecular flexibility index (Phi) is 4.58. The standard InChI is InChI=1S/C12H22N2O3S/c1-8(2)9(3)14(5)18(15,16)12-6-11(7-13)17-10(12)4/h6,8-9H,7,13H2,1-5H3. The number of furan rings is 1. The second-order valence-electron chi connectivity index (χ2n) is 4.84. The zero-order valence-corrected chi connectivity index (χ0v) is 12.4. The van der Waals surface area contributed by atoms with Gasteiger partial charge >= 0.3 is 0 Å². The van der Waals surface area contributed by atoms with Gasteiger partial charge in [0.1, 0.15) is 16.4 Å². The molecular formula is C12H22N2O3S. The third kappa shape index (κ3) is 2.76. The number of nitrogens with two attached hydrogens (primary N) is 1. The third-order valence-corrected chi connectivity index (χ3v) is 5.37. The van der Waals surface area contributed by atoms with Crippen molar-refractivity contribution in [3.63, 3.8) is 0 Å². The number of rotatable bonds is 5. The van der Waals surface area contributed by atoms with Crippen LogP contribution in [0.2, 0.25) is 0 Å². The Hall–Kier alpha value is -0.850. The molecule has 1 aromatic heterocycles. The van der Waals surface area contributed by atoms with E-state index in [0.29, 0.717) is 11.5 Å². The van der Waals surface area contributed by atoms with E-state index in [0.717, 1.165) is 0 Å². The minimum Gasteiger partial charge on any atom is -0.464 e. The van der Waals surface area contributed by atoms with Crippen LogP contribution in [0.4, 0.5) is 0 Å². The zero-order chi connectivity index (χ0) is 14.1. The maximum absolute atomic E-state index is 12.5. The van der Waals surface area contributed by atoms with E-state index in [1.165, 1.54) is 10.4 Å². The molecule has 1 atom stereocenters. The van der Waals surface area contributed by atoms with Gasteiger partial charge in [-0.15, -0.1) is 0 Å². The van der Waals surface area contributed by atoms with E-state index in [-0.39, 0.29) is 23.4 Å². The van der Waals surface area contributed by atoms with Crippen molar-refractivity contribution in [3.8, 4) is 0 Å². The first kappa shape index (κ1) is 15.2. The van der Waals surface area contributed by atoms with Crippen LogP contribution < -0.4 is 5.73 Å². The number of sulfonamides is 1. The summed E-state index contributed by atoms with van der Waals surface area (Å²) in [6.45, 7) is 7.70. The third-order valence-electron chi connectivity index (χ3n) is 3.32. The van der Waals surface area contributed by atoms with E-state index in [2.05, 4.69) is 0 Å². The van der Waals surface area contributed by atoms with E-state index < -0.39 is 10.0 Å². The molecule has 1 aromatic rings. The summed E-state index contributed by atoms with van der Waals surface area (Å²) in [5.74, 6) is 1.11. The van der Waals surface area contributed by atoms with E-state index in [4.69, 9.17) is 10.2 Å². The van der Waals surface area contributed by atoms with Crippen molar-refractivity contribution in [3.05, 3.63) is 17.6 Å². The minimum absolute atomic E-state index is 0.0781. The van der Waals surface area contributed by atoms with Crippen LogP contribution in [-0.2, 0) is 16.6 Å². The molecular weight excluding hydrogens is 252 g/mol. The number of nitrogens with zero attached hydrogens (tertiary/aromatic N) is 1. The van der Waals surface area contributed by atoms with Gasteiger partial charge in [-0.05, 0) is 19.8 Å². The van der Waals surface area contributed by atoms with E-state index in [9.17, 15) is 8.42 Å². The molecule has 5 nitrogen and oxygen atoms in total. The van der Waals surface area contributed by atoms with Crippen molar-refractivity contribution in [2.45, 2.75) is 45.2 Å². The van der Waals surface area contributed by atoms with Crippen LogP contribution >= 0.6 is 0 Å². The van der Waals surface area contributed by atoms with E-state index >= 15 is 0 Å². The van der Waals surface area contributed by atoms with Crippen LogP contribution in [0.3, 0.4) is 0 Å². The highest BCUT2D eigenvalue weighted by Gasteiger charge is 2.30. The fraction of sp³-hybridized carbons (Fsp3) is 0.667. The Morgan fingerprint density at radius 2 is 1.94 bits per heavy atom. The Labute approximate surface area is 109 Å². The van der Waals surface area contributed by atoms with Crippen molar-refractivity contribution in [1.29, 1.82) is 0 Å². The smallest absolute Gasteiger partial charge is 0.246 e. The summed E-state index contributed by atoms with van der Waals surface area (Å²) in [5.41, 5.74) is 5.46. The molecule has 6 heteroatoms. The quantitative estimate of drug-likeness (QED) is 0.886. The van der Waals surface area contributed by atoms with Gasteiger partial charge in [-0.3, -0.25) is 0 Å². The average molecular weight is 274 g/mol. The Bertz CT molecular complexity index is 505. The molecule has 0 aromatic carbocycles. The SMILES string of the molecule is Cc1oc(CN)cc1S(=O)(=O)N(C)C(C)C(C)C. The second kappa shape index (κ2) is 5.42.